The van der Waals surface area contributed by atoms with E-state index in [0.717, 1.165) is 30.1 Å². The van der Waals surface area contributed by atoms with Crippen LogP contribution in [-0.2, 0) is 0 Å². The first-order chi connectivity index (χ1) is 8.72. The van der Waals surface area contributed by atoms with E-state index in [4.69, 9.17) is 19.9 Å². The third kappa shape index (κ3) is 2.25. The minimum Gasteiger partial charge on any atom is -0.489 e. The van der Waals surface area contributed by atoms with Crippen molar-refractivity contribution in [3.63, 3.8) is 0 Å². The van der Waals surface area contributed by atoms with Crippen LogP contribution >= 0.6 is 0 Å². The Labute approximate surface area is 107 Å². The van der Waals surface area contributed by atoms with Crippen LogP contribution in [-0.4, -0.2) is 18.9 Å². The van der Waals surface area contributed by atoms with E-state index in [-0.39, 0.29) is 12.1 Å². The van der Waals surface area contributed by atoms with Crippen molar-refractivity contribution in [1.29, 1.82) is 0 Å². The molecule has 0 spiro atoms. The molecule has 3 rings (SSSR count). The van der Waals surface area contributed by atoms with Crippen LogP contribution in [0, 0.1) is 5.92 Å². The van der Waals surface area contributed by atoms with Crippen LogP contribution in [0.5, 0.6) is 17.2 Å². The monoisotopic (exact) mass is 249 g/mol. The fourth-order valence-corrected chi connectivity index (χ4v) is 2.61. The van der Waals surface area contributed by atoms with Crippen molar-refractivity contribution in [2.45, 2.75) is 38.3 Å². The van der Waals surface area contributed by atoms with Crippen molar-refractivity contribution in [3.8, 4) is 17.2 Å². The Morgan fingerprint density at radius 1 is 1.22 bits per heavy atom. The second-order valence-electron chi connectivity index (χ2n) is 5.25. The molecule has 0 amide bonds. The molecule has 0 saturated heterocycles. The zero-order valence-corrected chi connectivity index (χ0v) is 10.6. The molecule has 3 unspecified atom stereocenters. The fourth-order valence-electron chi connectivity index (χ4n) is 2.61. The van der Waals surface area contributed by atoms with Gasteiger partial charge in [0.2, 0.25) is 6.79 Å². The van der Waals surface area contributed by atoms with Gasteiger partial charge in [-0.3, -0.25) is 0 Å². The Morgan fingerprint density at radius 3 is 2.94 bits per heavy atom. The van der Waals surface area contributed by atoms with E-state index in [1.165, 1.54) is 6.42 Å². The van der Waals surface area contributed by atoms with Gasteiger partial charge >= 0.3 is 0 Å². The van der Waals surface area contributed by atoms with Crippen LogP contribution in [0.3, 0.4) is 0 Å². The number of hydrogen-bond acceptors (Lipinski definition) is 4. The molecule has 4 nitrogen and oxygen atoms in total. The first-order valence-corrected chi connectivity index (χ1v) is 6.54. The second kappa shape index (κ2) is 4.69. The standard InChI is InChI=1S/C14H19NO3/c1-9-2-4-11(15)13(6-9)18-10-3-5-12-14(7-10)17-8-16-12/h3,5,7,9,11,13H,2,4,6,8,15H2,1H3. The van der Waals surface area contributed by atoms with Gasteiger partial charge in [-0.2, -0.15) is 0 Å². The molecule has 1 heterocycles. The quantitative estimate of drug-likeness (QED) is 0.874. The molecule has 1 fully saturated rings. The smallest absolute Gasteiger partial charge is 0.231 e. The number of benzene rings is 1. The SMILES string of the molecule is CC1CCC(N)C(Oc2ccc3c(c2)OCO3)C1. The van der Waals surface area contributed by atoms with Gasteiger partial charge < -0.3 is 19.9 Å². The lowest BCUT2D eigenvalue weighted by atomic mass is 9.85. The van der Waals surface area contributed by atoms with Gasteiger partial charge in [0, 0.05) is 12.1 Å². The highest BCUT2D eigenvalue weighted by Gasteiger charge is 2.28. The van der Waals surface area contributed by atoms with Gasteiger partial charge in [-0.05, 0) is 37.3 Å². The van der Waals surface area contributed by atoms with Gasteiger partial charge in [0.15, 0.2) is 11.5 Å². The van der Waals surface area contributed by atoms with E-state index in [2.05, 4.69) is 6.92 Å². The lowest BCUT2D eigenvalue weighted by Crippen LogP contribution is -2.43. The first kappa shape index (κ1) is 11.7. The highest BCUT2D eigenvalue weighted by Crippen LogP contribution is 2.36. The summed E-state index contributed by atoms with van der Waals surface area (Å²) < 4.78 is 16.6. The number of hydrogen-bond donors (Lipinski definition) is 1. The Hall–Kier alpha value is -1.42. The van der Waals surface area contributed by atoms with E-state index in [1.54, 1.807) is 0 Å². The number of fused-ring (bicyclic) bond motifs is 1. The van der Waals surface area contributed by atoms with Crippen LogP contribution < -0.4 is 19.9 Å². The highest BCUT2D eigenvalue weighted by molar-refractivity contribution is 5.46. The summed E-state index contributed by atoms with van der Waals surface area (Å²) in [6.07, 6.45) is 3.36. The molecule has 3 atom stereocenters. The zero-order valence-electron chi connectivity index (χ0n) is 10.6. The molecule has 1 aliphatic heterocycles. The Bertz CT molecular complexity index is 435. The lowest BCUT2D eigenvalue weighted by molar-refractivity contribution is 0.107. The van der Waals surface area contributed by atoms with E-state index < -0.39 is 0 Å². The van der Waals surface area contributed by atoms with Crippen LogP contribution in [0.1, 0.15) is 26.2 Å². The van der Waals surface area contributed by atoms with E-state index >= 15 is 0 Å². The van der Waals surface area contributed by atoms with Crippen molar-refractivity contribution in [2.24, 2.45) is 11.7 Å². The molecule has 1 saturated carbocycles. The molecule has 18 heavy (non-hydrogen) atoms. The summed E-state index contributed by atoms with van der Waals surface area (Å²) in [5, 5.41) is 0. The summed E-state index contributed by atoms with van der Waals surface area (Å²) in [6, 6.07) is 5.81. The van der Waals surface area contributed by atoms with E-state index in [0.29, 0.717) is 12.7 Å². The molecule has 0 bridgehead atoms. The molecule has 4 heteroatoms. The van der Waals surface area contributed by atoms with Gasteiger partial charge in [0.25, 0.3) is 0 Å². The Kier molecular flexibility index (Phi) is 3.04. The van der Waals surface area contributed by atoms with Crippen molar-refractivity contribution < 1.29 is 14.2 Å². The minimum absolute atomic E-state index is 0.106. The van der Waals surface area contributed by atoms with Gasteiger partial charge in [-0.1, -0.05) is 6.92 Å². The first-order valence-electron chi connectivity index (χ1n) is 6.54. The molecule has 1 aromatic carbocycles. The summed E-state index contributed by atoms with van der Waals surface area (Å²) in [5.74, 6) is 3.03. The topological polar surface area (TPSA) is 53.7 Å². The predicted octanol–water partition coefficient (Wildman–Crippen LogP) is 2.31. The molecule has 0 radical (unpaired) electrons. The average molecular weight is 249 g/mol. The van der Waals surface area contributed by atoms with E-state index in [1.807, 2.05) is 18.2 Å². The minimum atomic E-state index is 0.106. The van der Waals surface area contributed by atoms with Crippen LogP contribution in [0.15, 0.2) is 18.2 Å². The third-order valence-corrected chi connectivity index (χ3v) is 3.74. The van der Waals surface area contributed by atoms with Crippen molar-refractivity contribution in [3.05, 3.63) is 18.2 Å². The maximum absolute atomic E-state index is 6.12. The number of ether oxygens (including phenoxy) is 3. The van der Waals surface area contributed by atoms with Gasteiger partial charge in [0.1, 0.15) is 11.9 Å². The fraction of sp³-hybridized carbons (Fsp3) is 0.571. The van der Waals surface area contributed by atoms with Crippen LogP contribution in [0.2, 0.25) is 0 Å². The molecule has 2 N–H and O–H groups in total. The number of nitrogens with two attached hydrogens (primary N) is 1. The van der Waals surface area contributed by atoms with Gasteiger partial charge in [-0.25, -0.2) is 0 Å². The number of rotatable bonds is 2. The summed E-state index contributed by atoms with van der Waals surface area (Å²) in [4.78, 5) is 0. The summed E-state index contributed by atoms with van der Waals surface area (Å²) in [6.45, 7) is 2.54. The maximum atomic E-state index is 6.12. The molecular weight excluding hydrogens is 230 g/mol. The molecule has 0 aromatic heterocycles. The molecule has 2 aliphatic rings. The van der Waals surface area contributed by atoms with Crippen molar-refractivity contribution >= 4 is 0 Å². The molecule has 98 valence electrons. The summed E-state index contributed by atoms with van der Waals surface area (Å²) in [7, 11) is 0. The Balaban J connectivity index is 1.72. The maximum Gasteiger partial charge on any atom is 0.231 e. The van der Waals surface area contributed by atoms with E-state index in [9.17, 15) is 0 Å². The summed E-state index contributed by atoms with van der Waals surface area (Å²) in [5.41, 5.74) is 6.12. The second-order valence-corrected chi connectivity index (χ2v) is 5.25. The summed E-state index contributed by atoms with van der Waals surface area (Å²) >= 11 is 0. The van der Waals surface area contributed by atoms with Crippen LogP contribution in [0.4, 0.5) is 0 Å². The van der Waals surface area contributed by atoms with Gasteiger partial charge in [0.05, 0.1) is 0 Å². The largest absolute Gasteiger partial charge is 0.489 e. The molecular formula is C14H19NO3. The molecule has 1 aliphatic carbocycles. The zero-order chi connectivity index (χ0) is 12.5. The van der Waals surface area contributed by atoms with Crippen molar-refractivity contribution in [1.82, 2.24) is 0 Å². The normalized spacial score (nSPS) is 30.2. The molecule has 1 aromatic rings. The van der Waals surface area contributed by atoms with Gasteiger partial charge in [-0.15, -0.1) is 0 Å². The highest BCUT2D eigenvalue weighted by atomic mass is 16.7. The third-order valence-electron chi connectivity index (χ3n) is 3.74. The van der Waals surface area contributed by atoms with Crippen molar-refractivity contribution in [2.75, 3.05) is 6.79 Å². The Morgan fingerprint density at radius 2 is 2.06 bits per heavy atom. The van der Waals surface area contributed by atoms with Crippen LogP contribution in [0.25, 0.3) is 0 Å². The predicted molar refractivity (Wildman–Crippen MR) is 68.0 cm³/mol. The average Bonchev–Trinajstić information content (AvgIpc) is 2.81. The lowest BCUT2D eigenvalue weighted by Gasteiger charge is -2.32.